The molecule has 0 saturated carbocycles. The normalized spacial score (nSPS) is 18.8. The van der Waals surface area contributed by atoms with Gasteiger partial charge in [0.2, 0.25) is 5.91 Å². The molecule has 5 nitrogen and oxygen atoms in total. The second-order valence-electron chi connectivity index (χ2n) is 3.62. The van der Waals surface area contributed by atoms with Crippen LogP contribution < -0.4 is 11.1 Å². The van der Waals surface area contributed by atoms with Crippen molar-refractivity contribution in [1.29, 1.82) is 0 Å². The third-order valence-electron chi connectivity index (χ3n) is 2.40. The maximum absolute atomic E-state index is 11.7. The molecule has 1 atom stereocenters. The van der Waals surface area contributed by atoms with Crippen LogP contribution in [0.3, 0.4) is 0 Å². The van der Waals surface area contributed by atoms with Crippen LogP contribution in [-0.2, 0) is 4.79 Å². The predicted octanol–water partition coefficient (Wildman–Crippen LogP) is 0.0557. The predicted molar refractivity (Wildman–Crippen MR) is 52.6 cm³/mol. The van der Waals surface area contributed by atoms with Gasteiger partial charge in [0, 0.05) is 13.1 Å². The molecule has 1 saturated heterocycles. The Balaban J connectivity index is 2.42. The van der Waals surface area contributed by atoms with Crippen molar-refractivity contribution in [2.24, 2.45) is 5.73 Å². The fourth-order valence-electron chi connectivity index (χ4n) is 1.66. The summed E-state index contributed by atoms with van der Waals surface area (Å²) >= 11 is 0. The molecule has 0 aliphatic carbocycles. The van der Waals surface area contributed by atoms with E-state index in [2.05, 4.69) is 5.32 Å². The van der Waals surface area contributed by atoms with Crippen molar-refractivity contribution in [3.8, 4) is 0 Å². The first-order valence-electron chi connectivity index (χ1n) is 4.96. The smallest absolute Gasteiger partial charge is 0.312 e. The standard InChI is InChI=1S/C9H17N3O2/c1-7(11-9(10)14)8(13)12-5-3-2-4-6-12/h7H,2-6H2,1H3,(H3,10,11,14). The van der Waals surface area contributed by atoms with Crippen molar-refractivity contribution < 1.29 is 9.59 Å². The van der Waals surface area contributed by atoms with Gasteiger partial charge in [-0.1, -0.05) is 0 Å². The average molecular weight is 199 g/mol. The Morgan fingerprint density at radius 2 is 1.86 bits per heavy atom. The van der Waals surface area contributed by atoms with Crippen LogP contribution >= 0.6 is 0 Å². The van der Waals surface area contributed by atoms with E-state index < -0.39 is 12.1 Å². The number of nitrogens with one attached hydrogen (secondary N) is 1. The van der Waals surface area contributed by atoms with Gasteiger partial charge in [0.05, 0.1) is 0 Å². The Hall–Kier alpha value is -1.26. The lowest BCUT2D eigenvalue weighted by Crippen LogP contribution is -2.49. The molecule has 5 heteroatoms. The molecule has 1 aliphatic rings. The number of primary amides is 1. The fourth-order valence-corrected chi connectivity index (χ4v) is 1.66. The summed E-state index contributed by atoms with van der Waals surface area (Å²) < 4.78 is 0. The van der Waals surface area contributed by atoms with Gasteiger partial charge in [-0.3, -0.25) is 4.79 Å². The maximum atomic E-state index is 11.7. The first-order chi connectivity index (χ1) is 6.61. The lowest BCUT2D eigenvalue weighted by Gasteiger charge is -2.29. The number of piperidine rings is 1. The number of hydrogen-bond acceptors (Lipinski definition) is 2. The third kappa shape index (κ3) is 2.90. The number of carbonyl (C=O) groups excluding carboxylic acids is 2. The first kappa shape index (κ1) is 10.8. The fraction of sp³-hybridized carbons (Fsp3) is 0.778. The topological polar surface area (TPSA) is 75.4 Å². The van der Waals surface area contributed by atoms with Crippen LogP contribution in [0.25, 0.3) is 0 Å². The highest BCUT2D eigenvalue weighted by Gasteiger charge is 2.22. The van der Waals surface area contributed by atoms with Crippen LogP contribution in [0.15, 0.2) is 0 Å². The average Bonchev–Trinajstić information content (AvgIpc) is 2.17. The van der Waals surface area contributed by atoms with Gasteiger partial charge in [-0.25, -0.2) is 4.79 Å². The van der Waals surface area contributed by atoms with E-state index in [9.17, 15) is 9.59 Å². The van der Waals surface area contributed by atoms with Crippen molar-refractivity contribution in [2.75, 3.05) is 13.1 Å². The summed E-state index contributed by atoms with van der Waals surface area (Å²) in [4.78, 5) is 24.0. The monoisotopic (exact) mass is 199 g/mol. The molecule has 14 heavy (non-hydrogen) atoms. The Morgan fingerprint density at radius 3 is 2.36 bits per heavy atom. The van der Waals surface area contributed by atoms with Gasteiger partial charge in [-0.05, 0) is 26.2 Å². The lowest BCUT2D eigenvalue weighted by molar-refractivity contribution is -0.133. The summed E-state index contributed by atoms with van der Waals surface area (Å²) in [5.74, 6) is -0.0384. The second kappa shape index (κ2) is 4.83. The molecule has 1 aliphatic heterocycles. The van der Waals surface area contributed by atoms with E-state index in [-0.39, 0.29) is 5.91 Å². The Kier molecular flexibility index (Phi) is 3.73. The highest BCUT2D eigenvalue weighted by atomic mass is 16.2. The van der Waals surface area contributed by atoms with Gasteiger partial charge in [-0.15, -0.1) is 0 Å². The van der Waals surface area contributed by atoms with E-state index in [0.717, 1.165) is 25.9 Å². The van der Waals surface area contributed by atoms with Gasteiger partial charge in [0.1, 0.15) is 6.04 Å². The molecule has 3 amide bonds. The van der Waals surface area contributed by atoms with Crippen molar-refractivity contribution in [3.05, 3.63) is 0 Å². The highest BCUT2D eigenvalue weighted by molar-refractivity contribution is 5.86. The Bertz CT molecular complexity index is 224. The van der Waals surface area contributed by atoms with Crippen LogP contribution in [0.2, 0.25) is 0 Å². The molecule has 0 spiro atoms. The van der Waals surface area contributed by atoms with E-state index in [4.69, 9.17) is 5.73 Å². The van der Waals surface area contributed by atoms with Gasteiger partial charge in [0.25, 0.3) is 0 Å². The lowest BCUT2D eigenvalue weighted by atomic mass is 10.1. The molecule has 80 valence electrons. The van der Waals surface area contributed by atoms with E-state index in [1.165, 1.54) is 6.42 Å². The van der Waals surface area contributed by atoms with Gasteiger partial charge in [-0.2, -0.15) is 0 Å². The summed E-state index contributed by atoms with van der Waals surface area (Å²) in [6.07, 6.45) is 3.28. The summed E-state index contributed by atoms with van der Waals surface area (Å²) in [6.45, 7) is 3.24. The minimum atomic E-state index is -0.650. The molecular formula is C9H17N3O2. The van der Waals surface area contributed by atoms with E-state index in [0.29, 0.717) is 0 Å². The largest absolute Gasteiger partial charge is 0.352 e. The Labute approximate surface area is 83.6 Å². The number of hydrogen-bond donors (Lipinski definition) is 2. The minimum Gasteiger partial charge on any atom is -0.352 e. The molecule has 1 fully saturated rings. The second-order valence-corrected chi connectivity index (χ2v) is 3.62. The van der Waals surface area contributed by atoms with Crippen molar-refractivity contribution in [1.82, 2.24) is 10.2 Å². The number of carbonyl (C=O) groups is 2. The SMILES string of the molecule is CC(NC(N)=O)C(=O)N1CCCCC1. The maximum Gasteiger partial charge on any atom is 0.312 e. The molecule has 0 radical (unpaired) electrons. The van der Waals surface area contributed by atoms with E-state index in [1.54, 1.807) is 11.8 Å². The van der Waals surface area contributed by atoms with Crippen LogP contribution in [0.4, 0.5) is 4.79 Å². The molecular weight excluding hydrogens is 182 g/mol. The van der Waals surface area contributed by atoms with E-state index in [1.807, 2.05) is 0 Å². The zero-order valence-electron chi connectivity index (χ0n) is 8.45. The number of nitrogens with zero attached hydrogens (tertiary/aromatic N) is 1. The van der Waals surface area contributed by atoms with Gasteiger partial charge in [0.15, 0.2) is 0 Å². The third-order valence-corrected chi connectivity index (χ3v) is 2.40. The van der Waals surface area contributed by atoms with E-state index >= 15 is 0 Å². The van der Waals surface area contributed by atoms with Crippen LogP contribution in [0, 0.1) is 0 Å². The summed E-state index contributed by atoms with van der Waals surface area (Å²) in [6, 6.07) is -1.16. The number of urea groups is 1. The molecule has 0 aromatic rings. The molecule has 0 aromatic heterocycles. The minimum absolute atomic E-state index is 0.0384. The Morgan fingerprint density at radius 1 is 1.29 bits per heavy atom. The molecule has 0 aromatic carbocycles. The molecule has 1 heterocycles. The zero-order valence-corrected chi connectivity index (χ0v) is 8.45. The molecule has 0 bridgehead atoms. The van der Waals surface area contributed by atoms with Crippen LogP contribution in [-0.4, -0.2) is 36.0 Å². The quantitative estimate of drug-likeness (QED) is 0.659. The highest BCUT2D eigenvalue weighted by Crippen LogP contribution is 2.09. The number of nitrogens with two attached hydrogens (primary N) is 1. The van der Waals surface area contributed by atoms with Crippen LogP contribution in [0.5, 0.6) is 0 Å². The summed E-state index contributed by atoms with van der Waals surface area (Å²) in [5.41, 5.74) is 4.94. The summed E-state index contributed by atoms with van der Waals surface area (Å²) in [5, 5.41) is 2.39. The molecule has 1 rings (SSSR count). The van der Waals surface area contributed by atoms with Gasteiger partial charge < -0.3 is 16.0 Å². The molecule has 3 N–H and O–H groups in total. The molecule has 1 unspecified atom stereocenters. The number of amides is 3. The first-order valence-corrected chi connectivity index (χ1v) is 4.96. The van der Waals surface area contributed by atoms with Crippen molar-refractivity contribution >= 4 is 11.9 Å². The van der Waals surface area contributed by atoms with Gasteiger partial charge >= 0.3 is 6.03 Å². The number of rotatable bonds is 2. The van der Waals surface area contributed by atoms with Crippen LogP contribution in [0.1, 0.15) is 26.2 Å². The summed E-state index contributed by atoms with van der Waals surface area (Å²) in [7, 11) is 0. The van der Waals surface area contributed by atoms with Crippen molar-refractivity contribution in [3.63, 3.8) is 0 Å². The number of likely N-dealkylation sites (tertiary alicyclic amines) is 1. The zero-order chi connectivity index (χ0) is 10.6. The van der Waals surface area contributed by atoms with Crippen molar-refractivity contribution in [2.45, 2.75) is 32.2 Å².